The van der Waals surface area contributed by atoms with Crippen molar-refractivity contribution in [2.75, 3.05) is 0 Å². The van der Waals surface area contributed by atoms with Gasteiger partial charge in [-0.2, -0.15) is 0 Å². The van der Waals surface area contributed by atoms with E-state index >= 15 is 0 Å². The van der Waals surface area contributed by atoms with Crippen LogP contribution in [0.2, 0.25) is 0 Å². The highest BCUT2D eigenvalue weighted by atomic mass is 15.1. The molecule has 5 rings (SSSR count). The van der Waals surface area contributed by atoms with E-state index in [2.05, 4.69) is 39.2 Å². The van der Waals surface area contributed by atoms with Crippen LogP contribution in [0, 0.1) is 11.8 Å². The minimum absolute atomic E-state index is 0.162. The Morgan fingerprint density at radius 2 is 2.12 bits per heavy atom. The molecule has 3 aliphatic rings. The Bertz CT molecular complexity index is 802. The molecule has 24 heavy (non-hydrogen) atoms. The predicted octanol–water partition coefficient (Wildman–Crippen LogP) is 3.10. The number of aromatic nitrogens is 2. The quantitative estimate of drug-likeness (QED) is 0.877. The highest BCUT2D eigenvalue weighted by Gasteiger charge is 2.51. The van der Waals surface area contributed by atoms with Gasteiger partial charge in [0, 0.05) is 47.6 Å². The maximum Gasteiger partial charge on any atom is 0.215 e. The van der Waals surface area contributed by atoms with Gasteiger partial charge in [-0.15, -0.1) is 0 Å². The van der Waals surface area contributed by atoms with Crippen molar-refractivity contribution in [2.45, 2.75) is 50.1 Å². The minimum Gasteiger partial charge on any atom is -0.368 e. The fourth-order valence-electron chi connectivity index (χ4n) is 5.31. The Hall–Kier alpha value is -2.17. The number of aliphatic imine (C=N–C) groups is 2. The van der Waals surface area contributed by atoms with Crippen LogP contribution < -0.4 is 5.73 Å². The van der Waals surface area contributed by atoms with Crippen LogP contribution in [0.15, 0.2) is 40.7 Å². The first-order chi connectivity index (χ1) is 11.8. The number of fused-ring (bicyclic) bond motifs is 4. The van der Waals surface area contributed by atoms with Gasteiger partial charge in [0.15, 0.2) is 0 Å². The van der Waals surface area contributed by atoms with E-state index in [9.17, 15) is 0 Å². The van der Waals surface area contributed by atoms with E-state index in [0.717, 1.165) is 11.9 Å². The van der Waals surface area contributed by atoms with Gasteiger partial charge in [0.05, 0.1) is 11.6 Å². The smallest absolute Gasteiger partial charge is 0.215 e. The summed E-state index contributed by atoms with van der Waals surface area (Å²) in [5.74, 6) is 1.45. The Balaban J connectivity index is 1.62. The first kappa shape index (κ1) is 14.2. The van der Waals surface area contributed by atoms with Gasteiger partial charge >= 0.3 is 0 Å². The van der Waals surface area contributed by atoms with Crippen molar-refractivity contribution < 1.29 is 0 Å². The van der Waals surface area contributed by atoms with Gasteiger partial charge in [0.2, 0.25) is 5.96 Å². The molecule has 5 nitrogen and oxygen atoms in total. The normalized spacial score (nSPS) is 35.3. The molecule has 3 heterocycles. The Morgan fingerprint density at radius 3 is 3.04 bits per heavy atom. The maximum absolute atomic E-state index is 5.94. The molecule has 124 valence electrons. The summed E-state index contributed by atoms with van der Waals surface area (Å²) in [6.45, 7) is 0. The average molecular weight is 321 g/mol. The molecule has 5 heteroatoms. The van der Waals surface area contributed by atoms with Crippen LogP contribution in [0.1, 0.15) is 38.5 Å². The fraction of sp³-hybridized carbons (Fsp3) is 0.526. The van der Waals surface area contributed by atoms with E-state index < -0.39 is 0 Å². The number of nitrogens with zero attached hydrogens (tertiary/aromatic N) is 4. The maximum atomic E-state index is 5.94. The second-order valence-electron chi connectivity index (χ2n) is 7.56. The number of pyridine rings is 1. The number of hydrogen-bond acceptors (Lipinski definition) is 4. The van der Waals surface area contributed by atoms with E-state index in [4.69, 9.17) is 10.7 Å². The second kappa shape index (κ2) is 5.16. The highest BCUT2D eigenvalue weighted by molar-refractivity contribution is 5.89. The van der Waals surface area contributed by atoms with Crippen molar-refractivity contribution in [1.82, 2.24) is 9.55 Å². The molecule has 0 bridgehead atoms. The van der Waals surface area contributed by atoms with Gasteiger partial charge in [0.25, 0.3) is 0 Å². The van der Waals surface area contributed by atoms with Crippen molar-refractivity contribution in [3.05, 3.63) is 30.7 Å². The first-order valence-electron chi connectivity index (χ1n) is 9.07. The Kier molecular flexibility index (Phi) is 3.05. The number of guanidine groups is 1. The largest absolute Gasteiger partial charge is 0.368 e. The monoisotopic (exact) mass is 321 g/mol. The third-order valence-corrected chi connectivity index (χ3v) is 6.43. The van der Waals surface area contributed by atoms with E-state index in [1.165, 1.54) is 37.5 Å². The van der Waals surface area contributed by atoms with Crippen molar-refractivity contribution in [1.29, 1.82) is 0 Å². The van der Waals surface area contributed by atoms with Gasteiger partial charge in [-0.25, -0.2) is 9.98 Å². The van der Waals surface area contributed by atoms with Crippen LogP contribution in [0.5, 0.6) is 0 Å². The molecule has 2 saturated carbocycles. The van der Waals surface area contributed by atoms with E-state index in [1.54, 1.807) is 0 Å². The fourth-order valence-corrected chi connectivity index (χ4v) is 5.31. The topological polar surface area (TPSA) is 68.6 Å². The number of rotatable bonds is 1. The highest BCUT2D eigenvalue weighted by Crippen LogP contribution is 2.52. The number of nitrogens with two attached hydrogens (primary N) is 1. The lowest BCUT2D eigenvalue weighted by molar-refractivity contribution is 0.0290. The molecule has 1 aliphatic heterocycles. The Morgan fingerprint density at radius 1 is 1.17 bits per heavy atom. The van der Waals surface area contributed by atoms with Crippen LogP contribution in [0.25, 0.3) is 10.9 Å². The van der Waals surface area contributed by atoms with Gasteiger partial charge in [-0.3, -0.25) is 4.98 Å². The summed E-state index contributed by atoms with van der Waals surface area (Å²) in [4.78, 5) is 13.6. The molecule has 2 aromatic heterocycles. The van der Waals surface area contributed by atoms with Crippen molar-refractivity contribution in [3.63, 3.8) is 0 Å². The van der Waals surface area contributed by atoms with Crippen molar-refractivity contribution in [2.24, 2.45) is 27.6 Å². The van der Waals surface area contributed by atoms with Crippen molar-refractivity contribution in [3.8, 4) is 0 Å². The lowest BCUT2D eigenvalue weighted by Crippen LogP contribution is -2.54. The zero-order chi connectivity index (χ0) is 16.1. The molecule has 0 saturated heterocycles. The van der Waals surface area contributed by atoms with E-state index in [-0.39, 0.29) is 11.6 Å². The standard InChI is InChI=1S/C19H23N5/c20-18-22-10-13-6-8-19(7-2-1-5-15(19)17(13)23-18)24-11-14-4-3-9-21-16(14)12-24/h3-4,9-13,15,17H,1-2,5-8H2,(H2,20,23)/t13-,15?,17-,19?/m1/s1. The molecule has 2 aliphatic carbocycles. The van der Waals surface area contributed by atoms with Crippen LogP contribution >= 0.6 is 0 Å². The van der Waals surface area contributed by atoms with Crippen LogP contribution in [-0.2, 0) is 5.54 Å². The zero-order valence-corrected chi connectivity index (χ0v) is 13.8. The molecule has 2 fully saturated rings. The molecule has 2 N–H and O–H groups in total. The molecule has 4 atom stereocenters. The molecule has 2 aromatic rings. The van der Waals surface area contributed by atoms with E-state index in [0.29, 0.717) is 17.8 Å². The number of hydrogen-bond donors (Lipinski definition) is 1. The minimum atomic E-state index is 0.162. The van der Waals surface area contributed by atoms with Crippen LogP contribution in [0.3, 0.4) is 0 Å². The predicted molar refractivity (Wildman–Crippen MR) is 96.3 cm³/mol. The zero-order valence-electron chi connectivity index (χ0n) is 13.8. The molecule has 0 aromatic carbocycles. The summed E-state index contributed by atoms with van der Waals surface area (Å²) >= 11 is 0. The van der Waals surface area contributed by atoms with Gasteiger partial charge in [0.1, 0.15) is 0 Å². The lowest BCUT2D eigenvalue weighted by Gasteiger charge is -2.53. The lowest BCUT2D eigenvalue weighted by atomic mass is 9.60. The van der Waals surface area contributed by atoms with Crippen molar-refractivity contribution >= 4 is 23.1 Å². The summed E-state index contributed by atoms with van der Waals surface area (Å²) in [5, 5.41) is 1.23. The van der Waals surface area contributed by atoms with Gasteiger partial charge < -0.3 is 10.3 Å². The second-order valence-corrected chi connectivity index (χ2v) is 7.56. The van der Waals surface area contributed by atoms with Crippen LogP contribution in [-0.4, -0.2) is 27.8 Å². The molecular weight excluding hydrogens is 298 g/mol. The Labute approximate surface area is 141 Å². The SMILES string of the molecule is NC1=N[C@H]2C3CCCCC3(n3cc4cccnc4c3)CC[C@@H]2C=N1. The summed E-state index contributed by atoms with van der Waals surface area (Å²) < 4.78 is 2.47. The van der Waals surface area contributed by atoms with Crippen LogP contribution in [0.4, 0.5) is 0 Å². The summed E-state index contributed by atoms with van der Waals surface area (Å²) in [7, 11) is 0. The summed E-state index contributed by atoms with van der Waals surface area (Å²) in [6, 6.07) is 4.46. The van der Waals surface area contributed by atoms with Gasteiger partial charge in [-0.05, 0) is 37.8 Å². The van der Waals surface area contributed by atoms with Gasteiger partial charge in [-0.1, -0.05) is 12.8 Å². The van der Waals surface area contributed by atoms with E-state index in [1.807, 2.05) is 12.3 Å². The average Bonchev–Trinajstić information content (AvgIpc) is 3.06. The molecule has 2 unspecified atom stereocenters. The summed E-state index contributed by atoms with van der Waals surface area (Å²) in [5.41, 5.74) is 7.19. The first-order valence-corrected chi connectivity index (χ1v) is 9.07. The summed E-state index contributed by atoms with van der Waals surface area (Å²) in [6.07, 6.45) is 15.9. The molecule has 0 amide bonds. The molecule has 0 radical (unpaired) electrons. The third kappa shape index (κ3) is 1.96. The molecule has 0 spiro atoms. The molecular formula is C19H23N5. The third-order valence-electron chi connectivity index (χ3n) is 6.43.